The summed E-state index contributed by atoms with van der Waals surface area (Å²) in [6.45, 7) is 2.81. The second kappa shape index (κ2) is 4.05. The van der Waals surface area contributed by atoms with Crippen molar-refractivity contribution in [2.24, 2.45) is 0 Å². The second-order valence-corrected chi connectivity index (χ2v) is 3.01. The Labute approximate surface area is 82.8 Å². The Kier molecular flexibility index (Phi) is 2.58. The third-order valence-corrected chi connectivity index (χ3v) is 1.88. The van der Waals surface area contributed by atoms with E-state index in [2.05, 4.69) is 23.1 Å². The number of fused-ring (bicyclic) bond motifs is 1. The van der Waals surface area contributed by atoms with Gasteiger partial charge in [0.1, 0.15) is 18.3 Å². The molecule has 14 heavy (non-hydrogen) atoms. The molecule has 3 nitrogen and oxygen atoms in total. The van der Waals surface area contributed by atoms with E-state index >= 15 is 0 Å². The average molecular weight is 187 g/mol. The Balaban J connectivity index is 2.32. The van der Waals surface area contributed by atoms with E-state index in [-0.39, 0.29) is 0 Å². The minimum atomic E-state index is 0.735. The highest BCUT2D eigenvalue weighted by atomic mass is 16.5. The standard InChI is InChI=1S/C11H11N2O/c1-2-5-14-10-3-4-11-9(6-10)7-12-8-13-11/h3-4,6,8H,2,5H2,1H3. The Morgan fingerprint density at radius 2 is 2.36 bits per heavy atom. The zero-order chi connectivity index (χ0) is 9.80. The Bertz CT molecular complexity index is 428. The van der Waals surface area contributed by atoms with E-state index < -0.39 is 0 Å². The number of benzene rings is 1. The molecule has 0 aliphatic carbocycles. The van der Waals surface area contributed by atoms with Gasteiger partial charge in [-0.1, -0.05) is 6.92 Å². The maximum atomic E-state index is 5.49. The molecule has 2 rings (SSSR count). The summed E-state index contributed by atoms with van der Waals surface area (Å²) in [5.41, 5.74) is 0.892. The zero-order valence-corrected chi connectivity index (χ0v) is 8.03. The Morgan fingerprint density at radius 1 is 1.43 bits per heavy atom. The summed E-state index contributed by atoms with van der Waals surface area (Å²) in [6.07, 6.45) is 5.38. The maximum Gasteiger partial charge on any atom is 0.120 e. The topological polar surface area (TPSA) is 35.0 Å². The van der Waals surface area contributed by atoms with Gasteiger partial charge >= 0.3 is 0 Å². The molecule has 1 aromatic heterocycles. The van der Waals surface area contributed by atoms with Crippen molar-refractivity contribution >= 4 is 10.9 Å². The van der Waals surface area contributed by atoms with Crippen molar-refractivity contribution in [3.8, 4) is 5.75 Å². The first kappa shape index (κ1) is 8.94. The molecule has 1 aromatic carbocycles. The molecule has 1 radical (unpaired) electrons. The van der Waals surface area contributed by atoms with Gasteiger partial charge in [0.05, 0.1) is 12.1 Å². The molecule has 0 aliphatic heterocycles. The summed E-state index contributed by atoms with van der Waals surface area (Å²) in [4.78, 5) is 7.95. The fourth-order valence-corrected chi connectivity index (χ4v) is 1.22. The fourth-order valence-electron chi connectivity index (χ4n) is 1.22. The molecule has 0 saturated heterocycles. The third-order valence-electron chi connectivity index (χ3n) is 1.88. The van der Waals surface area contributed by atoms with Crippen LogP contribution in [0.1, 0.15) is 13.3 Å². The number of rotatable bonds is 3. The van der Waals surface area contributed by atoms with E-state index in [1.165, 1.54) is 6.33 Å². The second-order valence-electron chi connectivity index (χ2n) is 3.01. The maximum absolute atomic E-state index is 5.49. The van der Waals surface area contributed by atoms with E-state index in [4.69, 9.17) is 4.74 Å². The minimum Gasteiger partial charge on any atom is -0.494 e. The van der Waals surface area contributed by atoms with Crippen LogP contribution in [0.2, 0.25) is 0 Å². The smallest absolute Gasteiger partial charge is 0.120 e. The molecule has 0 N–H and O–H groups in total. The van der Waals surface area contributed by atoms with Crippen LogP contribution in [0.4, 0.5) is 0 Å². The zero-order valence-electron chi connectivity index (χ0n) is 8.03. The molecular formula is C11H11N2O. The first-order valence-electron chi connectivity index (χ1n) is 4.65. The normalized spacial score (nSPS) is 10.4. The van der Waals surface area contributed by atoms with Crippen molar-refractivity contribution in [3.05, 3.63) is 30.7 Å². The van der Waals surface area contributed by atoms with Crippen LogP contribution in [-0.2, 0) is 0 Å². The molecule has 1 heterocycles. The quantitative estimate of drug-likeness (QED) is 0.739. The monoisotopic (exact) mass is 187 g/mol. The largest absolute Gasteiger partial charge is 0.494 e. The molecule has 0 aliphatic rings. The van der Waals surface area contributed by atoms with Crippen LogP contribution < -0.4 is 4.74 Å². The molecule has 71 valence electrons. The molecule has 2 aromatic rings. The van der Waals surface area contributed by atoms with Gasteiger partial charge in [-0.05, 0) is 24.6 Å². The van der Waals surface area contributed by atoms with Gasteiger partial charge in [-0.3, -0.25) is 0 Å². The lowest BCUT2D eigenvalue weighted by Gasteiger charge is -2.04. The van der Waals surface area contributed by atoms with Crippen LogP contribution in [0.5, 0.6) is 5.75 Å². The van der Waals surface area contributed by atoms with Crippen molar-refractivity contribution in [1.29, 1.82) is 0 Å². The van der Waals surface area contributed by atoms with Crippen LogP contribution in [0.3, 0.4) is 0 Å². The summed E-state index contributed by atoms with van der Waals surface area (Å²) in [5.74, 6) is 0.852. The van der Waals surface area contributed by atoms with E-state index in [0.717, 1.165) is 29.7 Å². The summed E-state index contributed by atoms with van der Waals surface area (Å²) >= 11 is 0. The van der Waals surface area contributed by atoms with Crippen LogP contribution >= 0.6 is 0 Å². The van der Waals surface area contributed by atoms with Crippen molar-refractivity contribution in [2.75, 3.05) is 6.61 Å². The lowest BCUT2D eigenvalue weighted by atomic mass is 10.2. The van der Waals surface area contributed by atoms with E-state index in [1.807, 2.05) is 18.2 Å². The number of nitrogens with zero attached hydrogens (tertiary/aromatic N) is 2. The molecule has 0 amide bonds. The minimum absolute atomic E-state index is 0.735. The summed E-state index contributed by atoms with van der Waals surface area (Å²) in [6, 6.07) is 5.74. The summed E-state index contributed by atoms with van der Waals surface area (Å²) in [7, 11) is 0. The summed E-state index contributed by atoms with van der Waals surface area (Å²) < 4.78 is 5.49. The fraction of sp³-hybridized carbons (Fsp3) is 0.273. The molecule has 0 atom stereocenters. The molecule has 0 fully saturated rings. The van der Waals surface area contributed by atoms with Crippen LogP contribution in [0, 0.1) is 6.20 Å². The van der Waals surface area contributed by atoms with Gasteiger partial charge in [-0.2, -0.15) is 0 Å². The predicted octanol–water partition coefficient (Wildman–Crippen LogP) is 2.22. The van der Waals surface area contributed by atoms with Crippen LogP contribution in [-0.4, -0.2) is 16.6 Å². The van der Waals surface area contributed by atoms with Crippen molar-refractivity contribution < 1.29 is 4.74 Å². The van der Waals surface area contributed by atoms with Crippen molar-refractivity contribution in [3.63, 3.8) is 0 Å². The van der Waals surface area contributed by atoms with Gasteiger partial charge in [0.2, 0.25) is 0 Å². The van der Waals surface area contributed by atoms with Crippen LogP contribution in [0.15, 0.2) is 24.5 Å². The highest BCUT2D eigenvalue weighted by Crippen LogP contribution is 2.17. The number of hydrogen-bond acceptors (Lipinski definition) is 3. The third kappa shape index (κ3) is 1.82. The average Bonchev–Trinajstić information content (AvgIpc) is 2.26. The number of hydrogen-bond donors (Lipinski definition) is 0. The van der Waals surface area contributed by atoms with Gasteiger partial charge in [-0.15, -0.1) is 0 Å². The van der Waals surface area contributed by atoms with Crippen molar-refractivity contribution in [1.82, 2.24) is 9.97 Å². The SMILES string of the molecule is CCCOc1ccc2ncn[c]c2c1. The van der Waals surface area contributed by atoms with E-state index in [1.54, 1.807) is 0 Å². The van der Waals surface area contributed by atoms with E-state index in [0.29, 0.717) is 0 Å². The van der Waals surface area contributed by atoms with Gasteiger partial charge < -0.3 is 4.74 Å². The Morgan fingerprint density at radius 3 is 3.21 bits per heavy atom. The molecule has 0 unspecified atom stereocenters. The van der Waals surface area contributed by atoms with Gasteiger partial charge in [-0.25, -0.2) is 9.97 Å². The Hall–Kier alpha value is -1.64. The molecule has 0 bridgehead atoms. The number of aromatic nitrogens is 2. The van der Waals surface area contributed by atoms with Crippen molar-refractivity contribution in [2.45, 2.75) is 13.3 Å². The molecular weight excluding hydrogens is 176 g/mol. The van der Waals surface area contributed by atoms with Gasteiger partial charge in [0, 0.05) is 5.39 Å². The van der Waals surface area contributed by atoms with Crippen LogP contribution in [0.25, 0.3) is 10.9 Å². The highest BCUT2D eigenvalue weighted by Gasteiger charge is 1.97. The van der Waals surface area contributed by atoms with E-state index in [9.17, 15) is 0 Å². The lowest BCUT2D eigenvalue weighted by molar-refractivity contribution is 0.318. The van der Waals surface area contributed by atoms with Gasteiger partial charge in [0.15, 0.2) is 0 Å². The molecule has 3 heteroatoms. The molecule has 0 spiro atoms. The molecule has 0 saturated carbocycles. The highest BCUT2D eigenvalue weighted by molar-refractivity contribution is 5.78. The first-order chi connectivity index (χ1) is 6.90. The summed E-state index contributed by atoms with van der Waals surface area (Å²) in [5, 5.41) is 0.890. The van der Waals surface area contributed by atoms with Gasteiger partial charge in [0.25, 0.3) is 0 Å². The number of ether oxygens (including phenoxy) is 1. The predicted molar refractivity (Wildman–Crippen MR) is 54.2 cm³/mol. The lowest BCUT2D eigenvalue weighted by Crippen LogP contribution is -1.94. The first-order valence-corrected chi connectivity index (χ1v) is 4.65.